The van der Waals surface area contributed by atoms with E-state index >= 15 is 0 Å². The second-order valence-corrected chi connectivity index (χ2v) is 8.36. The Morgan fingerprint density at radius 2 is 1.64 bits per heavy atom. The fraction of sp³-hybridized carbons (Fsp3) is 0.115. The number of hydrogen-bond acceptors (Lipinski definition) is 4. The molecule has 2 N–H and O–H groups in total. The van der Waals surface area contributed by atoms with Gasteiger partial charge in [0.05, 0.1) is 29.2 Å². The van der Waals surface area contributed by atoms with E-state index in [4.69, 9.17) is 16.6 Å². The Balaban J connectivity index is 1.67. The van der Waals surface area contributed by atoms with E-state index in [-0.39, 0.29) is 0 Å². The van der Waals surface area contributed by atoms with Gasteiger partial charge in [-0.2, -0.15) is 0 Å². The van der Waals surface area contributed by atoms with Gasteiger partial charge in [-0.25, -0.2) is 9.37 Å². The molecule has 1 aliphatic rings. The van der Waals surface area contributed by atoms with Crippen LogP contribution in [0.5, 0.6) is 0 Å². The maximum Gasteiger partial charge on any atom is 0.325 e. The number of nitrogens with one attached hydrogen (secondary N) is 1. The standard InChI is InChI=1S/C26H19ClFN3O2/c1-14(26(32)33)30-25-20-12-19(28)10-11-21(20)31-24(23(25)22-13-29-22)17-4-2-15(3-5-17)16-6-8-18(27)9-7-16/h2-12,14H,13H2,1H3,(H,30,31)(H,32,33). The maximum absolute atomic E-state index is 14.1. The second-order valence-electron chi connectivity index (χ2n) is 7.92. The highest BCUT2D eigenvalue weighted by Gasteiger charge is 2.27. The van der Waals surface area contributed by atoms with E-state index in [1.165, 1.54) is 12.1 Å². The number of hydrogen-bond donors (Lipinski definition) is 2. The topological polar surface area (TPSA) is 74.6 Å². The fourth-order valence-electron chi connectivity index (χ4n) is 3.81. The third kappa shape index (κ3) is 4.17. The van der Waals surface area contributed by atoms with E-state index in [0.29, 0.717) is 39.4 Å². The van der Waals surface area contributed by atoms with Crippen molar-refractivity contribution in [3.63, 3.8) is 0 Å². The average molecular weight is 460 g/mol. The number of fused-ring (bicyclic) bond motifs is 1. The summed E-state index contributed by atoms with van der Waals surface area (Å²) in [5, 5.41) is 13.7. The van der Waals surface area contributed by atoms with E-state index in [2.05, 4.69) is 10.3 Å². The van der Waals surface area contributed by atoms with Gasteiger partial charge in [-0.3, -0.25) is 9.79 Å². The number of carbonyl (C=O) groups is 1. The number of carboxylic acids is 1. The third-order valence-corrected chi connectivity index (χ3v) is 5.87. The maximum atomic E-state index is 14.1. The normalized spacial score (nSPS) is 13.5. The number of carboxylic acid groups (broad SMARTS) is 1. The molecule has 33 heavy (non-hydrogen) atoms. The first-order chi connectivity index (χ1) is 15.9. The molecule has 5 rings (SSSR count). The Hall–Kier alpha value is -3.77. The first kappa shape index (κ1) is 21.1. The van der Waals surface area contributed by atoms with Crippen molar-refractivity contribution in [3.05, 3.63) is 83.1 Å². The van der Waals surface area contributed by atoms with Crippen LogP contribution in [0.2, 0.25) is 5.02 Å². The largest absolute Gasteiger partial charge is 0.480 e. The predicted molar refractivity (Wildman–Crippen MR) is 130 cm³/mol. The molecule has 0 fully saturated rings. The molecule has 1 unspecified atom stereocenters. The molecular formula is C26H19ClFN3O2. The molecule has 3 aromatic carbocycles. The molecule has 0 amide bonds. The van der Waals surface area contributed by atoms with Crippen LogP contribution in [0, 0.1) is 5.82 Å². The molecule has 0 radical (unpaired) electrons. The number of rotatable bonds is 6. The van der Waals surface area contributed by atoms with Crippen LogP contribution in [-0.2, 0) is 4.79 Å². The monoisotopic (exact) mass is 459 g/mol. The summed E-state index contributed by atoms with van der Waals surface area (Å²) < 4.78 is 14.1. The molecular weight excluding hydrogens is 441 g/mol. The lowest BCUT2D eigenvalue weighted by atomic mass is 9.96. The number of aliphatic carboxylic acids is 1. The molecule has 0 saturated carbocycles. The second kappa shape index (κ2) is 8.30. The summed E-state index contributed by atoms with van der Waals surface area (Å²) in [6.07, 6.45) is 0. The number of aromatic nitrogens is 1. The Morgan fingerprint density at radius 3 is 2.24 bits per heavy atom. The van der Waals surface area contributed by atoms with Crippen molar-refractivity contribution in [2.75, 3.05) is 11.9 Å². The zero-order valence-electron chi connectivity index (χ0n) is 17.6. The number of benzene rings is 3. The zero-order valence-corrected chi connectivity index (χ0v) is 18.4. The van der Waals surface area contributed by atoms with Crippen LogP contribution < -0.4 is 5.32 Å². The third-order valence-electron chi connectivity index (χ3n) is 5.62. The van der Waals surface area contributed by atoms with Crippen LogP contribution >= 0.6 is 11.6 Å². The summed E-state index contributed by atoms with van der Waals surface area (Å²) in [4.78, 5) is 20.7. The molecule has 4 aromatic rings. The lowest BCUT2D eigenvalue weighted by Gasteiger charge is -2.19. The summed E-state index contributed by atoms with van der Waals surface area (Å²) in [7, 11) is 0. The van der Waals surface area contributed by atoms with Crippen LogP contribution in [0.3, 0.4) is 0 Å². The molecule has 0 bridgehead atoms. The average Bonchev–Trinajstić information content (AvgIpc) is 3.65. The van der Waals surface area contributed by atoms with Gasteiger partial charge in [0, 0.05) is 21.5 Å². The van der Waals surface area contributed by atoms with Gasteiger partial charge in [-0.05, 0) is 48.4 Å². The highest BCUT2D eigenvalue weighted by molar-refractivity contribution is 6.30. The number of pyridine rings is 1. The predicted octanol–water partition coefficient (Wildman–Crippen LogP) is 6.05. The minimum Gasteiger partial charge on any atom is -0.480 e. The van der Waals surface area contributed by atoms with Crippen LogP contribution in [0.25, 0.3) is 33.3 Å². The van der Waals surface area contributed by atoms with Gasteiger partial charge in [0.1, 0.15) is 11.9 Å². The van der Waals surface area contributed by atoms with E-state index < -0.39 is 17.8 Å². The molecule has 0 aliphatic carbocycles. The van der Waals surface area contributed by atoms with Gasteiger partial charge in [-0.15, -0.1) is 0 Å². The summed E-state index contributed by atoms with van der Waals surface area (Å²) >= 11 is 6.00. The Bertz CT molecular complexity index is 1420. The quantitative estimate of drug-likeness (QED) is 0.368. The van der Waals surface area contributed by atoms with Crippen LogP contribution in [0.15, 0.2) is 71.7 Å². The minimum absolute atomic E-state index is 0.418. The first-order valence-corrected chi connectivity index (χ1v) is 10.8. The molecule has 1 atom stereocenters. The van der Waals surface area contributed by atoms with E-state index in [0.717, 1.165) is 22.4 Å². The Labute approximate surface area is 194 Å². The van der Waals surface area contributed by atoms with Crippen molar-refractivity contribution >= 4 is 39.9 Å². The van der Waals surface area contributed by atoms with Gasteiger partial charge in [0.2, 0.25) is 0 Å². The van der Waals surface area contributed by atoms with Crippen LogP contribution in [0.1, 0.15) is 12.5 Å². The molecule has 1 aliphatic heterocycles. The summed E-state index contributed by atoms with van der Waals surface area (Å²) in [5.41, 5.74) is 6.22. The molecule has 0 saturated heterocycles. The van der Waals surface area contributed by atoms with Gasteiger partial charge >= 0.3 is 5.97 Å². The number of nitrogens with zero attached hydrogens (tertiary/aromatic N) is 2. The summed E-state index contributed by atoms with van der Waals surface area (Å²) in [6.45, 7) is 2.08. The van der Waals surface area contributed by atoms with Crippen molar-refractivity contribution in [3.8, 4) is 22.4 Å². The molecule has 2 heterocycles. The minimum atomic E-state index is -1.01. The first-order valence-electron chi connectivity index (χ1n) is 10.4. The van der Waals surface area contributed by atoms with Gasteiger partial charge in [0.25, 0.3) is 0 Å². The van der Waals surface area contributed by atoms with E-state index in [1.54, 1.807) is 13.0 Å². The molecule has 1 aromatic heterocycles. The van der Waals surface area contributed by atoms with Gasteiger partial charge in [0.15, 0.2) is 0 Å². The summed E-state index contributed by atoms with van der Waals surface area (Å²) in [5.74, 6) is -1.42. The van der Waals surface area contributed by atoms with Crippen LogP contribution in [0.4, 0.5) is 10.1 Å². The van der Waals surface area contributed by atoms with Crippen LogP contribution in [-0.4, -0.2) is 34.4 Å². The zero-order chi connectivity index (χ0) is 23.1. The number of aliphatic imine (C=N–C) groups is 1. The molecule has 164 valence electrons. The van der Waals surface area contributed by atoms with Crippen molar-refractivity contribution in [1.29, 1.82) is 0 Å². The van der Waals surface area contributed by atoms with Crippen molar-refractivity contribution in [2.45, 2.75) is 13.0 Å². The Kier molecular flexibility index (Phi) is 5.30. The number of halogens is 2. The van der Waals surface area contributed by atoms with Gasteiger partial charge in [-0.1, -0.05) is 48.0 Å². The lowest BCUT2D eigenvalue weighted by molar-refractivity contribution is -0.137. The smallest absolute Gasteiger partial charge is 0.325 e. The van der Waals surface area contributed by atoms with Crippen molar-refractivity contribution < 1.29 is 14.3 Å². The highest BCUT2D eigenvalue weighted by Crippen LogP contribution is 2.38. The number of anilines is 1. The lowest BCUT2D eigenvalue weighted by Crippen LogP contribution is -2.26. The Morgan fingerprint density at radius 1 is 1.03 bits per heavy atom. The van der Waals surface area contributed by atoms with Crippen molar-refractivity contribution in [2.24, 2.45) is 4.99 Å². The van der Waals surface area contributed by atoms with Gasteiger partial charge < -0.3 is 10.4 Å². The summed E-state index contributed by atoms with van der Waals surface area (Å²) in [6, 6.07) is 19.0. The molecule has 7 heteroatoms. The highest BCUT2D eigenvalue weighted by atomic mass is 35.5. The van der Waals surface area contributed by atoms with Crippen molar-refractivity contribution in [1.82, 2.24) is 4.98 Å². The molecule has 5 nitrogen and oxygen atoms in total. The SMILES string of the molecule is CC(Nc1c(C2=NC2)c(-c2ccc(-c3ccc(Cl)cc3)cc2)nc2ccc(F)cc12)C(=O)O. The van der Waals surface area contributed by atoms with E-state index in [9.17, 15) is 14.3 Å². The molecule has 0 spiro atoms. The van der Waals surface area contributed by atoms with E-state index in [1.807, 2.05) is 48.5 Å². The fourth-order valence-corrected chi connectivity index (χ4v) is 3.94.